The third-order valence-electron chi connectivity index (χ3n) is 25.0. The van der Waals surface area contributed by atoms with Crippen LogP contribution in [-0.4, -0.2) is 222 Å². The summed E-state index contributed by atoms with van der Waals surface area (Å²) < 4.78 is 61.0. The van der Waals surface area contributed by atoms with Gasteiger partial charge < -0.3 is 64.8 Å². The largest absolute Gasteiger partial charge is 0.493 e. The number of carbonyl (C=O) groups excluding carboxylic acids is 6. The summed E-state index contributed by atoms with van der Waals surface area (Å²) in [6, 6.07) is 56.5. The van der Waals surface area contributed by atoms with Crippen LogP contribution in [0.2, 0.25) is 0 Å². The van der Waals surface area contributed by atoms with Crippen molar-refractivity contribution in [1.82, 2.24) is 45.2 Å². The number of benzene rings is 8. The van der Waals surface area contributed by atoms with Gasteiger partial charge in [0.2, 0.25) is 10.0 Å². The van der Waals surface area contributed by atoms with Gasteiger partial charge in [-0.2, -0.15) is 0 Å². The molecule has 7 aliphatic heterocycles. The Morgan fingerprint density at radius 2 is 0.828 bits per heavy atom. The molecule has 0 radical (unpaired) electrons. The molecule has 0 aliphatic carbocycles. The fourth-order valence-corrected chi connectivity index (χ4v) is 20.3. The summed E-state index contributed by atoms with van der Waals surface area (Å²) in [4.78, 5) is 104. The monoisotopic (exact) mass is 1780 g/mol. The summed E-state index contributed by atoms with van der Waals surface area (Å²) in [5.41, 5.74) is 15.8. The predicted octanol–water partition coefficient (Wildman–Crippen LogP) is 13.5. The van der Waals surface area contributed by atoms with Crippen molar-refractivity contribution in [3.8, 4) is 34.5 Å². The quantitative estimate of drug-likeness (QED) is 0.0108. The number of hydrogen-bond donors (Lipinski definition) is 5. The van der Waals surface area contributed by atoms with E-state index < -0.39 is 28.1 Å². The minimum absolute atomic E-state index is 0.152. The van der Waals surface area contributed by atoms with E-state index in [0.29, 0.717) is 130 Å². The van der Waals surface area contributed by atoms with E-state index in [9.17, 15) is 37.2 Å². The van der Waals surface area contributed by atoms with Gasteiger partial charge >= 0.3 is 0 Å². The fraction of sp³-hybridized carbons (Fsp3) is 0.378. The van der Waals surface area contributed by atoms with Gasteiger partial charge in [-0.1, -0.05) is 103 Å². The predicted molar refractivity (Wildman–Crippen MR) is 498 cm³/mol. The highest BCUT2D eigenvalue weighted by Gasteiger charge is 2.47. The van der Waals surface area contributed by atoms with E-state index in [2.05, 4.69) is 119 Å². The lowest BCUT2D eigenvalue weighted by Crippen LogP contribution is -2.47. The number of nitrogens with two attached hydrogens (primary N) is 1. The minimum atomic E-state index is -3.63. The Bertz CT molecular complexity index is 5600. The van der Waals surface area contributed by atoms with Crippen LogP contribution in [0.4, 0.5) is 17.1 Å². The zero-order valence-electron chi connectivity index (χ0n) is 74.3. The van der Waals surface area contributed by atoms with E-state index in [-0.39, 0.29) is 46.2 Å². The molecule has 0 spiro atoms. The second kappa shape index (κ2) is 42.5. The zero-order valence-corrected chi connectivity index (χ0v) is 75.9. The van der Waals surface area contributed by atoms with Crippen LogP contribution in [0.1, 0.15) is 186 Å². The summed E-state index contributed by atoms with van der Waals surface area (Å²) in [5, 5.41) is 11.8. The Morgan fingerprint density at radius 3 is 1.20 bits per heavy atom. The van der Waals surface area contributed by atoms with E-state index >= 15 is 0 Å². The fourth-order valence-electron chi connectivity index (χ4n) is 18.2. The lowest BCUT2D eigenvalue weighted by Gasteiger charge is -2.39. The summed E-state index contributed by atoms with van der Waals surface area (Å²) in [6.45, 7) is 18.2. The molecule has 0 unspecified atom stereocenters. The smallest absolute Gasteiger partial charge is 0.264 e. The number of imide groups is 3. The van der Waals surface area contributed by atoms with Crippen molar-refractivity contribution in [3.63, 3.8) is 0 Å². The number of fused-ring (bicyclic) bond motifs is 3. The number of rotatable bonds is 34. The second-order valence-electron chi connectivity index (χ2n) is 32.4. The Labute approximate surface area is 754 Å². The van der Waals surface area contributed by atoms with Gasteiger partial charge in [-0.15, -0.1) is 11.3 Å². The first-order valence-corrected chi connectivity index (χ1v) is 46.2. The first-order valence-electron chi connectivity index (χ1n) is 43.9. The average molecular weight is 1780 g/mol. The van der Waals surface area contributed by atoms with Crippen LogP contribution in [-0.2, 0) is 10.0 Å². The maximum atomic E-state index is 14.3. The minimum Gasteiger partial charge on any atom is -0.493 e. The van der Waals surface area contributed by atoms with Gasteiger partial charge in [-0.3, -0.25) is 58.3 Å². The molecule has 128 heavy (non-hydrogen) atoms. The highest BCUT2D eigenvalue weighted by atomic mass is 32.2. The first kappa shape index (κ1) is 91.9. The summed E-state index contributed by atoms with van der Waals surface area (Å²) in [6.07, 6.45) is 6.44. The van der Waals surface area contributed by atoms with Crippen molar-refractivity contribution in [2.75, 3.05) is 162 Å². The zero-order chi connectivity index (χ0) is 90.1. The molecule has 3 fully saturated rings. The van der Waals surface area contributed by atoms with Crippen molar-refractivity contribution in [1.29, 1.82) is 0 Å². The van der Waals surface area contributed by atoms with Crippen LogP contribution in [0.3, 0.4) is 0 Å². The number of amidine groups is 1. The molecule has 16 rings (SSSR count). The molecule has 5 atom stereocenters. The van der Waals surface area contributed by atoms with E-state index in [1.54, 1.807) is 83.2 Å². The van der Waals surface area contributed by atoms with Crippen molar-refractivity contribution in [2.45, 2.75) is 100 Å². The number of ether oxygens (including phenoxy) is 6. The van der Waals surface area contributed by atoms with Crippen LogP contribution < -0.4 is 69.5 Å². The van der Waals surface area contributed by atoms with Gasteiger partial charge in [-0.05, 0) is 184 Å². The van der Waals surface area contributed by atoms with E-state index in [1.165, 1.54) is 40.0 Å². The molecule has 30 heteroatoms. The Morgan fingerprint density at radius 1 is 0.438 bits per heavy atom. The Hall–Kier alpha value is -12.3. The molecule has 9 aromatic rings. The van der Waals surface area contributed by atoms with Gasteiger partial charge in [-0.25, -0.2) is 13.1 Å². The van der Waals surface area contributed by atoms with Crippen LogP contribution in [0.5, 0.6) is 34.5 Å². The van der Waals surface area contributed by atoms with Crippen LogP contribution >= 0.6 is 11.3 Å². The standard InChI is InChI=1S/C36H43N5O4.C34H41N5O4.C28H32N4O6S2/c1-25(26-10-5-4-6-11-26)39-20-22-40(23-21-39)30-13-7-12-28-34(30)36(43)41(35(28)42)29(14-8-18-37-33-15-9-19-38-33)27-16-17-31(44-2)32(24-27)45-3;1-23(25-10-6-5-7-11-25)37-18-20-38(21-19-37)29-13-8-12-27-32(29)34(41)39(33(27)40)28(14-9-17-36-24(2)35)26-15-16-30(42-3)31(22-26)43-4;1-37-23-11-10-19(18-24(23)38-2)21(8-4-12-30-40(35,36)25-9-5-17-39-25)32-27(33)20-6-3-7-22(26(20)28(32)34)31-15-13-29-14-16-31/h4-7,10-13,15-17,24-25,29,37-38H,8-9,14,18-23H2,1-3H3;5-8,10-13,15-16,22-23,28H,9,14,17-21H2,1-4H3,(H2,35,36);3,5-7,9-11,17-18,21,29-30H,4,8,12-16H2,1-2H3/t25-,29-;23-,28-;21-/m111/s1. The average Bonchev–Trinajstić information content (AvgIpc) is 1.60. The number of thiophene rings is 1. The number of sulfonamides is 1. The lowest BCUT2D eigenvalue weighted by atomic mass is 9.99. The molecule has 0 bridgehead atoms. The third-order valence-corrected chi connectivity index (χ3v) is 27.9. The molecule has 1 aromatic heterocycles. The maximum absolute atomic E-state index is 14.3. The molecular formula is C98H116N14O14S2. The van der Waals surface area contributed by atoms with Crippen molar-refractivity contribution < 1.29 is 65.6 Å². The normalized spacial score (nSPS) is 17.1. The number of aliphatic imine (C=N–C) groups is 1. The van der Waals surface area contributed by atoms with E-state index in [1.807, 2.05) is 91.0 Å². The molecular weight excluding hydrogens is 1660 g/mol. The van der Waals surface area contributed by atoms with Gasteiger partial charge in [0.25, 0.3) is 35.4 Å². The van der Waals surface area contributed by atoms with Crippen molar-refractivity contribution in [2.24, 2.45) is 10.7 Å². The van der Waals surface area contributed by atoms with Gasteiger partial charge in [0, 0.05) is 117 Å². The highest BCUT2D eigenvalue weighted by Crippen LogP contribution is 2.46. The maximum Gasteiger partial charge on any atom is 0.264 e. The van der Waals surface area contributed by atoms with Gasteiger partial charge in [0.15, 0.2) is 34.5 Å². The van der Waals surface area contributed by atoms with E-state index in [0.717, 1.165) is 150 Å². The molecule has 7 aliphatic rings. The Kier molecular flexibility index (Phi) is 30.5. The molecule has 8 heterocycles. The van der Waals surface area contributed by atoms with Crippen LogP contribution in [0.25, 0.3) is 0 Å². The Balaban J connectivity index is 0.000000156. The van der Waals surface area contributed by atoms with Gasteiger partial charge in [0.05, 0.1) is 123 Å². The molecule has 8 aromatic carbocycles. The number of carbonyl (C=O) groups is 6. The molecule has 0 saturated carbocycles. The highest BCUT2D eigenvalue weighted by molar-refractivity contribution is 7.91. The number of nitrogens with one attached hydrogen (secondary N) is 4. The number of methoxy groups -OCH3 is 6. The van der Waals surface area contributed by atoms with Gasteiger partial charge in [0.1, 0.15) is 4.21 Å². The van der Waals surface area contributed by atoms with Crippen LogP contribution in [0.15, 0.2) is 208 Å². The molecule has 674 valence electrons. The summed E-state index contributed by atoms with van der Waals surface area (Å²) >= 11 is 1.14. The van der Waals surface area contributed by atoms with E-state index in [4.69, 9.17) is 34.2 Å². The third kappa shape index (κ3) is 20.3. The molecule has 3 saturated heterocycles. The lowest BCUT2D eigenvalue weighted by molar-refractivity contribution is 0.0557. The topological polar surface area (TPSA) is 304 Å². The first-order chi connectivity index (χ1) is 62.2. The summed E-state index contributed by atoms with van der Waals surface area (Å²) in [5.74, 6) is 3.09. The summed E-state index contributed by atoms with van der Waals surface area (Å²) in [7, 11) is 5.78. The SMILES string of the molecule is COc1ccc([C@@H](CCCN=C(C)N)N2C(=O)c3cccc(N4CCN([C@H](C)c5ccccc5)CC4)c3C2=O)cc1OC.COc1ccc([C@@H](CCCNC2=CCCN2)N2C(=O)c3cccc(N4CCN([C@H](C)c5ccccc5)CC4)c3C2=O)cc1OC.COc1ccc([C@@H](CCCNS(=O)(=O)c2cccs2)N2C(=O)c3cccc(N4CCNCC4)c3C2=O)cc1OC. The van der Waals surface area contributed by atoms with Crippen molar-refractivity contribution >= 4 is 79.7 Å². The number of amides is 6. The molecule has 6 amide bonds. The number of nitrogens with zero attached hydrogens (tertiary/aromatic N) is 9. The number of piperazine rings is 3. The molecule has 28 nitrogen and oxygen atoms in total. The van der Waals surface area contributed by atoms with Crippen molar-refractivity contribution in [3.05, 3.63) is 260 Å². The van der Waals surface area contributed by atoms with Crippen LogP contribution in [0, 0.1) is 0 Å². The molecule has 6 N–H and O–H groups in total. The number of anilines is 3. The second-order valence-corrected chi connectivity index (χ2v) is 35.4. The number of hydrogen-bond acceptors (Lipinski definition) is 24.